The van der Waals surface area contributed by atoms with E-state index < -0.39 is 0 Å². The van der Waals surface area contributed by atoms with Gasteiger partial charge in [-0.25, -0.2) is 0 Å². The molecule has 2 heteroatoms. The molecule has 0 unspecified atom stereocenters. The first-order valence-corrected chi connectivity index (χ1v) is 6.51. The van der Waals surface area contributed by atoms with Gasteiger partial charge in [-0.2, -0.15) is 0 Å². The molecule has 0 amide bonds. The Morgan fingerprint density at radius 3 is 1.88 bits per heavy atom. The molecule has 0 bridgehead atoms. The third-order valence-corrected chi connectivity index (χ3v) is 2.87. The molecule has 0 radical (unpaired) electrons. The maximum Gasteiger partial charge on any atom is 0.156 e. The van der Waals surface area contributed by atoms with Crippen molar-refractivity contribution in [2.45, 2.75) is 64.1 Å². The quantitative estimate of drug-likeness (QED) is 0.282. The van der Waals surface area contributed by atoms with E-state index in [1.807, 2.05) is 6.08 Å². The summed E-state index contributed by atoms with van der Waals surface area (Å²) in [5.41, 5.74) is 0. The predicted octanol–water partition coefficient (Wildman–Crippen LogP) is 4.30. The molecule has 0 aliphatic rings. The molecular weight excluding hydrogens is 200 g/mol. The van der Waals surface area contributed by atoms with Crippen molar-refractivity contribution >= 4 is 0 Å². The standard InChI is InChI=1S/C14H28O2/c1-4-5-6-7-8-9-10-11-12-13-14(15-2)16-3/h4,14H,1,5-13H2,2-3H3. The summed E-state index contributed by atoms with van der Waals surface area (Å²) in [5.74, 6) is 0. The van der Waals surface area contributed by atoms with Crippen LogP contribution in [0, 0.1) is 0 Å². The number of methoxy groups -OCH3 is 2. The van der Waals surface area contributed by atoms with Crippen LogP contribution in [0.3, 0.4) is 0 Å². The molecule has 0 heterocycles. The van der Waals surface area contributed by atoms with E-state index in [0.29, 0.717) is 0 Å². The lowest BCUT2D eigenvalue weighted by Crippen LogP contribution is -2.12. The summed E-state index contributed by atoms with van der Waals surface area (Å²) in [5, 5.41) is 0. The molecule has 0 aromatic heterocycles. The van der Waals surface area contributed by atoms with Gasteiger partial charge in [0.05, 0.1) is 0 Å². The van der Waals surface area contributed by atoms with Gasteiger partial charge in [0, 0.05) is 14.2 Å². The molecule has 96 valence electrons. The lowest BCUT2D eigenvalue weighted by atomic mass is 10.1. The van der Waals surface area contributed by atoms with Crippen LogP contribution in [0.15, 0.2) is 12.7 Å². The Balaban J connectivity index is 3.06. The Morgan fingerprint density at radius 1 is 0.875 bits per heavy atom. The summed E-state index contributed by atoms with van der Waals surface area (Å²) < 4.78 is 10.3. The fourth-order valence-electron chi connectivity index (χ4n) is 1.82. The summed E-state index contributed by atoms with van der Waals surface area (Å²) in [7, 11) is 3.40. The SMILES string of the molecule is C=CCCCCCCCCCC(OC)OC. The van der Waals surface area contributed by atoms with Crippen LogP contribution < -0.4 is 0 Å². The average molecular weight is 228 g/mol. The summed E-state index contributed by atoms with van der Waals surface area (Å²) in [6, 6.07) is 0. The predicted molar refractivity (Wildman–Crippen MR) is 69.6 cm³/mol. The maximum atomic E-state index is 5.14. The summed E-state index contributed by atoms with van der Waals surface area (Å²) in [6.07, 6.45) is 13.4. The van der Waals surface area contributed by atoms with Crippen LogP contribution in [0.2, 0.25) is 0 Å². The molecule has 0 saturated carbocycles. The van der Waals surface area contributed by atoms with Crippen LogP contribution in [-0.2, 0) is 9.47 Å². The zero-order chi connectivity index (χ0) is 12.1. The highest BCUT2D eigenvalue weighted by Crippen LogP contribution is 2.11. The van der Waals surface area contributed by atoms with Crippen LogP contribution in [0.25, 0.3) is 0 Å². The number of hydrogen-bond acceptors (Lipinski definition) is 2. The van der Waals surface area contributed by atoms with Crippen molar-refractivity contribution in [3.8, 4) is 0 Å². The lowest BCUT2D eigenvalue weighted by molar-refractivity contribution is -0.107. The Labute approximate surface area is 101 Å². The van der Waals surface area contributed by atoms with E-state index in [1.165, 1.54) is 51.4 Å². The van der Waals surface area contributed by atoms with Crippen LogP contribution in [0.5, 0.6) is 0 Å². The van der Waals surface area contributed by atoms with Crippen LogP contribution in [0.1, 0.15) is 57.8 Å². The van der Waals surface area contributed by atoms with E-state index in [9.17, 15) is 0 Å². The molecule has 0 N–H and O–H groups in total. The van der Waals surface area contributed by atoms with Crippen molar-refractivity contribution in [1.82, 2.24) is 0 Å². The number of rotatable bonds is 12. The normalized spacial score (nSPS) is 10.9. The molecule has 0 saturated heterocycles. The third kappa shape index (κ3) is 10.2. The molecule has 0 fully saturated rings. The molecule has 0 aromatic rings. The first-order valence-electron chi connectivity index (χ1n) is 6.51. The molecule has 0 aliphatic heterocycles. The van der Waals surface area contributed by atoms with Crippen molar-refractivity contribution in [2.75, 3.05) is 14.2 Å². The Kier molecular flexibility index (Phi) is 12.5. The van der Waals surface area contributed by atoms with Gasteiger partial charge in [0.15, 0.2) is 6.29 Å². The molecule has 2 nitrogen and oxygen atoms in total. The lowest BCUT2D eigenvalue weighted by Gasteiger charge is -2.12. The van der Waals surface area contributed by atoms with Crippen molar-refractivity contribution < 1.29 is 9.47 Å². The summed E-state index contributed by atoms with van der Waals surface area (Å²) in [6.45, 7) is 3.73. The first kappa shape index (κ1) is 15.7. The zero-order valence-corrected chi connectivity index (χ0v) is 11.0. The summed E-state index contributed by atoms with van der Waals surface area (Å²) >= 11 is 0. The van der Waals surface area contributed by atoms with Crippen molar-refractivity contribution in [3.05, 3.63) is 12.7 Å². The van der Waals surface area contributed by atoms with E-state index in [4.69, 9.17) is 9.47 Å². The van der Waals surface area contributed by atoms with Crippen molar-refractivity contribution in [1.29, 1.82) is 0 Å². The molecule has 0 spiro atoms. The van der Waals surface area contributed by atoms with Crippen molar-refractivity contribution in [2.24, 2.45) is 0 Å². The topological polar surface area (TPSA) is 18.5 Å². The van der Waals surface area contributed by atoms with E-state index in [0.717, 1.165) is 6.42 Å². The van der Waals surface area contributed by atoms with Gasteiger partial charge in [-0.05, 0) is 25.7 Å². The fourth-order valence-corrected chi connectivity index (χ4v) is 1.82. The van der Waals surface area contributed by atoms with Crippen LogP contribution >= 0.6 is 0 Å². The second-order valence-electron chi connectivity index (χ2n) is 4.24. The second kappa shape index (κ2) is 12.7. The van der Waals surface area contributed by atoms with Crippen molar-refractivity contribution in [3.63, 3.8) is 0 Å². The molecule has 0 aliphatic carbocycles. The van der Waals surface area contributed by atoms with Crippen LogP contribution in [-0.4, -0.2) is 20.5 Å². The number of unbranched alkanes of at least 4 members (excludes halogenated alkanes) is 7. The van der Waals surface area contributed by atoms with Gasteiger partial charge in [-0.1, -0.05) is 38.2 Å². The van der Waals surface area contributed by atoms with Gasteiger partial charge in [0.25, 0.3) is 0 Å². The Hall–Kier alpha value is -0.340. The highest BCUT2D eigenvalue weighted by molar-refractivity contribution is 4.65. The fraction of sp³-hybridized carbons (Fsp3) is 0.857. The van der Waals surface area contributed by atoms with Gasteiger partial charge in [-0.3, -0.25) is 0 Å². The monoisotopic (exact) mass is 228 g/mol. The van der Waals surface area contributed by atoms with Gasteiger partial charge in [-0.15, -0.1) is 6.58 Å². The highest BCUT2D eigenvalue weighted by atomic mass is 16.7. The van der Waals surface area contributed by atoms with E-state index in [-0.39, 0.29) is 6.29 Å². The first-order chi connectivity index (χ1) is 7.85. The molecular formula is C14H28O2. The summed E-state index contributed by atoms with van der Waals surface area (Å²) in [4.78, 5) is 0. The van der Waals surface area contributed by atoms with E-state index in [2.05, 4.69) is 6.58 Å². The molecule has 0 atom stereocenters. The minimum Gasteiger partial charge on any atom is -0.356 e. The molecule has 0 aromatic carbocycles. The average Bonchev–Trinajstić information content (AvgIpc) is 2.32. The van der Waals surface area contributed by atoms with Crippen LogP contribution in [0.4, 0.5) is 0 Å². The minimum atomic E-state index is -0.00686. The largest absolute Gasteiger partial charge is 0.356 e. The Morgan fingerprint density at radius 2 is 1.38 bits per heavy atom. The number of allylic oxidation sites excluding steroid dienone is 1. The molecule has 0 rings (SSSR count). The number of hydrogen-bond donors (Lipinski definition) is 0. The van der Waals surface area contributed by atoms with Gasteiger partial charge in [0.1, 0.15) is 0 Å². The zero-order valence-electron chi connectivity index (χ0n) is 11.0. The Bertz CT molecular complexity index is 142. The van der Waals surface area contributed by atoms with Gasteiger partial charge in [0.2, 0.25) is 0 Å². The number of ether oxygens (including phenoxy) is 2. The highest BCUT2D eigenvalue weighted by Gasteiger charge is 2.03. The van der Waals surface area contributed by atoms with E-state index in [1.54, 1.807) is 14.2 Å². The van der Waals surface area contributed by atoms with E-state index >= 15 is 0 Å². The maximum absolute atomic E-state index is 5.14. The second-order valence-corrected chi connectivity index (χ2v) is 4.24. The van der Waals surface area contributed by atoms with Gasteiger partial charge < -0.3 is 9.47 Å². The van der Waals surface area contributed by atoms with Gasteiger partial charge >= 0.3 is 0 Å². The molecule has 16 heavy (non-hydrogen) atoms. The smallest absolute Gasteiger partial charge is 0.156 e. The third-order valence-electron chi connectivity index (χ3n) is 2.87. The minimum absolute atomic E-state index is 0.00686.